The van der Waals surface area contributed by atoms with E-state index in [4.69, 9.17) is 4.74 Å². The second-order valence-electron chi connectivity index (χ2n) is 4.02. The molecule has 0 heterocycles. The molecule has 0 aliphatic carbocycles. The third kappa shape index (κ3) is 7.77. The van der Waals surface area contributed by atoms with Crippen LogP contribution in [0.1, 0.15) is 6.92 Å². The van der Waals surface area contributed by atoms with E-state index in [0.717, 1.165) is 0 Å². The molecule has 22 heavy (non-hydrogen) atoms. The predicted molar refractivity (Wildman–Crippen MR) is 77.8 cm³/mol. The number of carbonyl (C=O) groups is 2. The Bertz CT molecular complexity index is 506. The maximum absolute atomic E-state index is 11.9. The van der Waals surface area contributed by atoms with Crippen LogP contribution in [-0.2, 0) is 9.59 Å². The summed E-state index contributed by atoms with van der Waals surface area (Å²) in [5.41, 5.74) is -3.98. The summed E-state index contributed by atoms with van der Waals surface area (Å²) in [4.78, 5) is 22.7. The molecular formula is C13H15F3N2O3S. The van der Waals surface area contributed by atoms with E-state index >= 15 is 0 Å². The van der Waals surface area contributed by atoms with Crippen LogP contribution in [0.2, 0.25) is 0 Å². The van der Waals surface area contributed by atoms with Crippen molar-refractivity contribution in [1.29, 1.82) is 0 Å². The quantitative estimate of drug-likeness (QED) is 0.802. The molecule has 1 aromatic rings. The third-order valence-electron chi connectivity index (χ3n) is 2.26. The first-order chi connectivity index (χ1) is 10.3. The average Bonchev–Trinajstić information content (AvgIpc) is 2.44. The van der Waals surface area contributed by atoms with Crippen LogP contribution < -0.4 is 15.4 Å². The van der Waals surface area contributed by atoms with Gasteiger partial charge < -0.3 is 15.4 Å². The van der Waals surface area contributed by atoms with Gasteiger partial charge in [0.15, 0.2) is 0 Å². The molecular weight excluding hydrogens is 321 g/mol. The average molecular weight is 336 g/mol. The summed E-state index contributed by atoms with van der Waals surface area (Å²) in [7, 11) is 0. The molecule has 0 bridgehead atoms. The van der Waals surface area contributed by atoms with Gasteiger partial charge in [0, 0.05) is 5.69 Å². The molecule has 1 rings (SSSR count). The molecule has 9 heteroatoms. The number of nitrogens with one attached hydrogen (secondary N) is 2. The Hall–Kier alpha value is -1.90. The zero-order valence-corrected chi connectivity index (χ0v) is 12.5. The fourth-order valence-electron chi connectivity index (χ4n) is 1.38. The van der Waals surface area contributed by atoms with Crippen molar-refractivity contribution in [3.05, 3.63) is 24.3 Å². The Morgan fingerprint density at radius 3 is 2.36 bits per heavy atom. The lowest BCUT2D eigenvalue weighted by Crippen LogP contribution is -2.34. The first-order valence-electron chi connectivity index (χ1n) is 6.30. The molecule has 0 saturated carbocycles. The zero-order chi connectivity index (χ0) is 16.6. The number of hydrogen-bond donors (Lipinski definition) is 2. The minimum atomic E-state index is -4.47. The first kappa shape index (κ1) is 18.1. The molecule has 0 saturated heterocycles. The predicted octanol–water partition coefficient (Wildman–Crippen LogP) is 2.39. The van der Waals surface area contributed by atoms with Gasteiger partial charge in [0.05, 0.1) is 18.9 Å². The van der Waals surface area contributed by atoms with Crippen LogP contribution in [0.4, 0.5) is 18.9 Å². The zero-order valence-electron chi connectivity index (χ0n) is 11.7. The number of anilines is 1. The van der Waals surface area contributed by atoms with Crippen LogP contribution in [0.25, 0.3) is 0 Å². The van der Waals surface area contributed by atoms with Crippen molar-refractivity contribution >= 4 is 29.3 Å². The largest absolute Gasteiger partial charge is 0.494 e. The van der Waals surface area contributed by atoms with Gasteiger partial charge in [0.1, 0.15) is 5.75 Å². The van der Waals surface area contributed by atoms with E-state index in [2.05, 4.69) is 10.6 Å². The number of rotatable bonds is 7. The summed E-state index contributed by atoms with van der Waals surface area (Å²) in [6, 6.07) is 6.56. The minimum absolute atomic E-state index is 0.398. The number of ether oxygens (including phenoxy) is 1. The minimum Gasteiger partial charge on any atom is -0.494 e. The Balaban J connectivity index is 2.32. The van der Waals surface area contributed by atoms with E-state index in [1.54, 1.807) is 24.3 Å². The van der Waals surface area contributed by atoms with Crippen molar-refractivity contribution in [3.63, 3.8) is 0 Å². The number of carbonyl (C=O) groups excluding carboxylic acids is 2. The number of benzene rings is 1. The van der Waals surface area contributed by atoms with Gasteiger partial charge >= 0.3 is 5.51 Å². The molecule has 0 aliphatic rings. The van der Waals surface area contributed by atoms with Crippen molar-refractivity contribution in [2.45, 2.75) is 12.4 Å². The van der Waals surface area contributed by atoms with Gasteiger partial charge in [0.25, 0.3) is 0 Å². The molecule has 0 fully saturated rings. The second-order valence-corrected chi connectivity index (χ2v) is 5.06. The van der Waals surface area contributed by atoms with Gasteiger partial charge in [-0.2, -0.15) is 13.2 Å². The third-order valence-corrected chi connectivity index (χ3v) is 3.00. The van der Waals surface area contributed by atoms with Crippen LogP contribution in [0.15, 0.2) is 24.3 Å². The molecule has 2 amide bonds. The Morgan fingerprint density at radius 1 is 1.18 bits per heavy atom. The molecule has 5 nitrogen and oxygen atoms in total. The maximum atomic E-state index is 11.9. The lowest BCUT2D eigenvalue weighted by Gasteiger charge is -2.09. The Morgan fingerprint density at radius 2 is 1.82 bits per heavy atom. The summed E-state index contributed by atoms with van der Waals surface area (Å²) < 4.78 is 40.9. The molecule has 0 radical (unpaired) electrons. The summed E-state index contributed by atoms with van der Waals surface area (Å²) in [6.07, 6.45) is 0. The molecule has 0 aliphatic heterocycles. The second kappa shape index (κ2) is 8.52. The number of thioether (sulfide) groups is 1. The highest BCUT2D eigenvalue weighted by Crippen LogP contribution is 2.29. The lowest BCUT2D eigenvalue weighted by atomic mass is 10.3. The van der Waals surface area contributed by atoms with E-state index in [-0.39, 0.29) is 0 Å². The van der Waals surface area contributed by atoms with Crippen molar-refractivity contribution in [2.75, 3.05) is 24.2 Å². The smallest absolute Gasteiger partial charge is 0.442 e. The molecule has 0 spiro atoms. The maximum Gasteiger partial charge on any atom is 0.442 e. The number of hydrogen-bond acceptors (Lipinski definition) is 4. The Kier molecular flexibility index (Phi) is 7.03. The highest BCUT2D eigenvalue weighted by molar-refractivity contribution is 8.00. The molecule has 1 aromatic carbocycles. The van der Waals surface area contributed by atoms with Gasteiger partial charge in [-0.1, -0.05) is 0 Å². The van der Waals surface area contributed by atoms with Crippen molar-refractivity contribution in [1.82, 2.24) is 5.32 Å². The van der Waals surface area contributed by atoms with E-state index in [9.17, 15) is 22.8 Å². The topological polar surface area (TPSA) is 67.4 Å². The van der Waals surface area contributed by atoms with Crippen molar-refractivity contribution in [2.24, 2.45) is 0 Å². The highest BCUT2D eigenvalue weighted by Gasteiger charge is 2.29. The lowest BCUT2D eigenvalue weighted by molar-refractivity contribution is -0.122. The normalized spacial score (nSPS) is 10.9. The Labute approximate surface area is 129 Å². The summed E-state index contributed by atoms with van der Waals surface area (Å²) >= 11 is -0.454. The summed E-state index contributed by atoms with van der Waals surface area (Å²) in [5.74, 6) is -1.52. The number of amides is 2. The van der Waals surface area contributed by atoms with Gasteiger partial charge in [-0.25, -0.2) is 0 Å². The standard InChI is InChI=1S/C13H15F3N2O3S/c1-2-21-10-5-3-9(4-6-10)18-11(19)7-17-12(20)8-22-13(14,15)16/h3-6H,2,7-8H2,1H3,(H,17,20)(H,18,19). The van der Waals surface area contributed by atoms with Crippen LogP contribution in [0.5, 0.6) is 5.75 Å². The first-order valence-corrected chi connectivity index (χ1v) is 7.29. The van der Waals surface area contributed by atoms with E-state index < -0.39 is 41.4 Å². The highest BCUT2D eigenvalue weighted by atomic mass is 32.2. The molecule has 2 N–H and O–H groups in total. The summed E-state index contributed by atoms with van der Waals surface area (Å²) in [6.45, 7) is 1.97. The van der Waals surface area contributed by atoms with Crippen LogP contribution in [0.3, 0.4) is 0 Å². The van der Waals surface area contributed by atoms with Crippen LogP contribution >= 0.6 is 11.8 Å². The SMILES string of the molecule is CCOc1ccc(NC(=O)CNC(=O)CSC(F)(F)F)cc1. The van der Waals surface area contributed by atoms with E-state index in [1.165, 1.54) is 0 Å². The number of alkyl halides is 3. The molecule has 0 unspecified atom stereocenters. The number of halogens is 3. The van der Waals surface area contributed by atoms with Gasteiger partial charge in [0.2, 0.25) is 11.8 Å². The van der Waals surface area contributed by atoms with E-state index in [1.807, 2.05) is 6.92 Å². The van der Waals surface area contributed by atoms with Crippen LogP contribution in [0, 0.1) is 0 Å². The molecule has 122 valence electrons. The van der Waals surface area contributed by atoms with Gasteiger partial charge in [-0.3, -0.25) is 9.59 Å². The van der Waals surface area contributed by atoms with Gasteiger partial charge in [-0.15, -0.1) is 0 Å². The van der Waals surface area contributed by atoms with Gasteiger partial charge in [-0.05, 0) is 43.0 Å². The molecule has 0 aromatic heterocycles. The fraction of sp³-hybridized carbons (Fsp3) is 0.385. The summed E-state index contributed by atoms with van der Waals surface area (Å²) in [5, 5.41) is 4.61. The van der Waals surface area contributed by atoms with Crippen molar-refractivity contribution < 1.29 is 27.5 Å². The monoisotopic (exact) mass is 336 g/mol. The van der Waals surface area contributed by atoms with E-state index in [0.29, 0.717) is 18.0 Å². The fourth-order valence-corrected chi connectivity index (χ4v) is 1.78. The molecule has 0 atom stereocenters. The van der Waals surface area contributed by atoms with Crippen LogP contribution in [-0.4, -0.2) is 36.2 Å². The van der Waals surface area contributed by atoms with Crippen molar-refractivity contribution in [3.8, 4) is 5.75 Å².